The fraction of sp³-hybridized carbons (Fsp3) is 0.364. The summed E-state index contributed by atoms with van der Waals surface area (Å²) >= 11 is 5.55. The van der Waals surface area contributed by atoms with Crippen molar-refractivity contribution in [1.82, 2.24) is 5.32 Å². The maximum Gasteiger partial charge on any atom is 0.420 e. The summed E-state index contributed by atoms with van der Waals surface area (Å²) in [6.07, 6.45) is -11.4. The molecule has 0 saturated heterocycles. The van der Waals surface area contributed by atoms with Crippen molar-refractivity contribution >= 4 is 23.3 Å². The first-order valence-corrected chi connectivity index (χ1v) is 5.73. The molecule has 21 heavy (non-hydrogen) atoms. The molecule has 0 fully saturated rings. The molecule has 0 aromatic heterocycles. The molecule has 0 heterocycles. The topological polar surface area (TPSA) is 41.1 Å². The van der Waals surface area contributed by atoms with Gasteiger partial charge in [-0.3, -0.25) is 0 Å². The zero-order chi connectivity index (χ0) is 16.5. The van der Waals surface area contributed by atoms with E-state index in [2.05, 4.69) is 0 Å². The highest BCUT2D eigenvalue weighted by Gasteiger charge is 2.68. The Morgan fingerprint density at radius 2 is 1.43 bits per heavy atom. The summed E-state index contributed by atoms with van der Waals surface area (Å²) in [7, 11) is 0. The van der Waals surface area contributed by atoms with Gasteiger partial charge in [0, 0.05) is 10.7 Å². The Morgan fingerprint density at radius 3 is 1.81 bits per heavy atom. The molecule has 10 heteroatoms. The van der Waals surface area contributed by atoms with Crippen LogP contribution in [0.1, 0.15) is 6.92 Å². The lowest BCUT2D eigenvalue weighted by molar-refractivity contribution is -0.297. The minimum absolute atomic E-state index is 0.0106. The van der Waals surface area contributed by atoms with Crippen LogP contribution in [-0.4, -0.2) is 23.9 Å². The van der Waals surface area contributed by atoms with Gasteiger partial charge in [0.2, 0.25) is 5.54 Å². The van der Waals surface area contributed by atoms with Crippen molar-refractivity contribution in [2.24, 2.45) is 0 Å². The van der Waals surface area contributed by atoms with Crippen LogP contribution >= 0.6 is 11.6 Å². The number of alkyl halides is 6. The molecule has 0 radical (unpaired) electrons. The highest BCUT2D eigenvalue weighted by Crippen LogP contribution is 2.42. The van der Waals surface area contributed by atoms with Crippen LogP contribution in [0, 0.1) is 0 Å². The molecule has 0 bridgehead atoms. The molecule has 1 rings (SSSR count). The molecule has 0 saturated carbocycles. The van der Waals surface area contributed by atoms with Gasteiger partial charge >= 0.3 is 18.4 Å². The van der Waals surface area contributed by atoms with Crippen molar-refractivity contribution in [2.75, 3.05) is 5.32 Å². The molecule has 0 aliphatic heterocycles. The predicted molar refractivity (Wildman–Crippen MR) is 64.1 cm³/mol. The van der Waals surface area contributed by atoms with Crippen molar-refractivity contribution in [1.29, 1.82) is 0 Å². The van der Waals surface area contributed by atoms with Crippen LogP contribution in [0.15, 0.2) is 24.3 Å². The molecule has 0 aliphatic rings. The number of amides is 2. The lowest BCUT2D eigenvalue weighted by atomic mass is 10.0. The number of hydrogen-bond acceptors (Lipinski definition) is 1. The Bertz CT molecular complexity index is 497. The fourth-order valence-electron chi connectivity index (χ4n) is 1.23. The number of urea groups is 1. The minimum Gasteiger partial charge on any atom is -0.316 e. The van der Waals surface area contributed by atoms with Crippen molar-refractivity contribution in [3.8, 4) is 0 Å². The van der Waals surface area contributed by atoms with Gasteiger partial charge in [0.05, 0.1) is 0 Å². The van der Waals surface area contributed by atoms with Gasteiger partial charge in [0.15, 0.2) is 0 Å². The number of rotatable bonds is 2. The standard InChI is InChI=1S/C11H9ClF6N2O/c1-9(10(13,14)15,11(16,17)18)20-8(21)19-7-4-2-6(12)3-5-7/h2-5H,1H3,(H2,19,20,21). The lowest BCUT2D eigenvalue weighted by Crippen LogP contribution is -2.66. The van der Waals surface area contributed by atoms with Crippen LogP contribution in [0.4, 0.5) is 36.8 Å². The molecule has 2 N–H and O–H groups in total. The van der Waals surface area contributed by atoms with Gasteiger partial charge in [-0.05, 0) is 31.2 Å². The van der Waals surface area contributed by atoms with Crippen LogP contribution in [-0.2, 0) is 0 Å². The lowest BCUT2D eigenvalue weighted by Gasteiger charge is -2.34. The summed E-state index contributed by atoms with van der Waals surface area (Å²) in [6.45, 7) is -0.158. The average molecular weight is 335 g/mol. The van der Waals surface area contributed by atoms with Crippen molar-refractivity contribution in [2.45, 2.75) is 24.8 Å². The molecule has 0 unspecified atom stereocenters. The number of benzene rings is 1. The van der Waals surface area contributed by atoms with Gasteiger partial charge in [-0.15, -0.1) is 0 Å². The maximum absolute atomic E-state index is 12.6. The third-order valence-electron chi connectivity index (χ3n) is 2.60. The second-order valence-corrected chi connectivity index (χ2v) is 4.64. The minimum atomic E-state index is -5.71. The summed E-state index contributed by atoms with van der Waals surface area (Å²) in [5.41, 5.74) is -4.38. The highest BCUT2D eigenvalue weighted by molar-refractivity contribution is 6.30. The zero-order valence-electron chi connectivity index (χ0n) is 10.4. The summed E-state index contributed by atoms with van der Waals surface area (Å²) in [5, 5.41) is 3.05. The SMILES string of the molecule is CC(NC(=O)Nc1ccc(Cl)cc1)(C(F)(F)F)C(F)(F)F. The number of anilines is 1. The molecule has 118 valence electrons. The maximum atomic E-state index is 12.6. The molecule has 1 aromatic rings. The average Bonchev–Trinajstić information content (AvgIpc) is 2.29. The quantitative estimate of drug-likeness (QED) is 0.776. The van der Waals surface area contributed by atoms with Gasteiger partial charge in [0.1, 0.15) is 0 Å². The monoisotopic (exact) mass is 334 g/mol. The number of carbonyl (C=O) groups is 1. The molecule has 0 aliphatic carbocycles. The molecular weight excluding hydrogens is 326 g/mol. The van der Waals surface area contributed by atoms with Gasteiger partial charge in [-0.1, -0.05) is 11.6 Å². The molecule has 0 spiro atoms. The Labute approximate surface area is 120 Å². The molecule has 3 nitrogen and oxygen atoms in total. The first kappa shape index (κ1) is 17.4. The molecule has 1 aromatic carbocycles. The Hall–Kier alpha value is -1.64. The number of nitrogens with one attached hydrogen (secondary N) is 2. The van der Waals surface area contributed by atoms with Crippen molar-refractivity contribution in [3.05, 3.63) is 29.3 Å². The first-order valence-electron chi connectivity index (χ1n) is 5.35. The summed E-state index contributed by atoms with van der Waals surface area (Å²) < 4.78 is 75.4. The second kappa shape index (κ2) is 5.63. The van der Waals surface area contributed by atoms with Crippen LogP contribution in [0.25, 0.3) is 0 Å². The van der Waals surface area contributed by atoms with Crippen LogP contribution in [0.3, 0.4) is 0 Å². The summed E-state index contributed by atoms with van der Waals surface area (Å²) in [5.74, 6) is 0. The van der Waals surface area contributed by atoms with E-state index in [1.807, 2.05) is 5.32 Å². The van der Waals surface area contributed by atoms with E-state index in [1.165, 1.54) is 24.3 Å². The smallest absolute Gasteiger partial charge is 0.316 e. The zero-order valence-corrected chi connectivity index (χ0v) is 11.1. The van der Waals surface area contributed by atoms with Crippen LogP contribution in [0.5, 0.6) is 0 Å². The Balaban J connectivity index is 2.90. The highest BCUT2D eigenvalue weighted by atomic mass is 35.5. The Kier molecular flexibility index (Phi) is 4.66. The van der Waals surface area contributed by atoms with Gasteiger partial charge in [0.25, 0.3) is 0 Å². The Morgan fingerprint density at radius 1 is 1.00 bits per heavy atom. The van der Waals surface area contributed by atoms with Crippen LogP contribution in [0.2, 0.25) is 5.02 Å². The van der Waals surface area contributed by atoms with E-state index in [9.17, 15) is 31.1 Å². The normalized spacial score (nSPS) is 13.0. The van der Waals surface area contributed by atoms with Gasteiger partial charge in [-0.2, -0.15) is 26.3 Å². The number of carbonyl (C=O) groups excluding carboxylic acids is 1. The molecule has 0 atom stereocenters. The second-order valence-electron chi connectivity index (χ2n) is 4.21. The fourth-order valence-corrected chi connectivity index (χ4v) is 1.35. The van der Waals surface area contributed by atoms with Crippen molar-refractivity contribution in [3.63, 3.8) is 0 Å². The van der Waals surface area contributed by atoms with E-state index in [0.29, 0.717) is 0 Å². The third-order valence-corrected chi connectivity index (χ3v) is 2.85. The van der Waals surface area contributed by atoms with E-state index < -0.39 is 23.9 Å². The van der Waals surface area contributed by atoms with E-state index in [4.69, 9.17) is 11.6 Å². The van der Waals surface area contributed by atoms with E-state index in [1.54, 1.807) is 0 Å². The first-order chi connectivity index (χ1) is 9.37. The predicted octanol–water partition coefficient (Wildman–Crippen LogP) is 4.34. The van der Waals surface area contributed by atoms with E-state index in [0.717, 1.165) is 5.32 Å². The van der Waals surface area contributed by atoms with Crippen LogP contribution < -0.4 is 10.6 Å². The van der Waals surface area contributed by atoms with Gasteiger partial charge < -0.3 is 10.6 Å². The largest absolute Gasteiger partial charge is 0.420 e. The molecule has 2 amide bonds. The van der Waals surface area contributed by atoms with E-state index >= 15 is 0 Å². The summed E-state index contributed by atoms with van der Waals surface area (Å²) in [6, 6.07) is 3.42. The molecular formula is C11H9ClF6N2O. The number of hydrogen-bond donors (Lipinski definition) is 2. The summed E-state index contributed by atoms with van der Waals surface area (Å²) in [4.78, 5) is 11.4. The van der Waals surface area contributed by atoms with Crippen molar-refractivity contribution < 1.29 is 31.1 Å². The van der Waals surface area contributed by atoms with E-state index in [-0.39, 0.29) is 17.6 Å². The number of halogens is 7. The third kappa shape index (κ3) is 3.93. The van der Waals surface area contributed by atoms with Gasteiger partial charge in [-0.25, -0.2) is 4.79 Å².